The third kappa shape index (κ3) is 3.22. The van der Waals surface area contributed by atoms with Gasteiger partial charge in [0.15, 0.2) is 11.4 Å². The second-order valence-corrected chi connectivity index (χ2v) is 9.61. The first-order valence-corrected chi connectivity index (χ1v) is 11.4. The maximum absolute atomic E-state index is 13.3. The molecule has 0 saturated carbocycles. The number of aromatic nitrogens is 3. The molecule has 4 N–H and O–H groups in total. The molecule has 1 fully saturated rings. The van der Waals surface area contributed by atoms with E-state index in [9.17, 15) is 14.4 Å². The SMILES string of the molecule is CC1CNC(=O)c2cc3c(n21)NC(C(N)=O)(c1cn(C)c(C(=O)N2CC[C@@H](N(C)C)C2)n1)C=C3. The molecule has 2 aromatic rings. The van der Waals surface area contributed by atoms with Gasteiger partial charge < -0.3 is 35.3 Å². The fraction of sp³-hybridized carbons (Fsp3) is 0.478. The predicted octanol–water partition coefficient (Wildman–Crippen LogP) is 0.122. The number of primary amides is 1. The summed E-state index contributed by atoms with van der Waals surface area (Å²) in [6.07, 6.45) is 6.00. The van der Waals surface area contributed by atoms with Gasteiger partial charge in [-0.2, -0.15) is 0 Å². The molecule has 0 bridgehead atoms. The van der Waals surface area contributed by atoms with Gasteiger partial charge in [-0.25, -0.2) is 4.98 Å². The Balaban J connectivity index is 1.51. The quantitative estimate of drug-likeness (QED) is 0.587. The summed E-state index contributed by atoms with van der Waals surface area (Å²) in [6, 6.07) is 2.08. The number of carbonyl (C=O) groups excluding carboxylic acids is 3. The largest absolute Gasteiger partial charge is 0.367 e. The minimum atomic E-state index is -1.46. The first-order chi connectivity index (χ1) is 16.1. The van der Waals surface area contributed by atoms with Gasteiger partial charge in [0.2, 0.25) is 0 Å². The molecule has 5 rings (SSSR count). The van der Waals surface area contributed by atoms with Crippen molar-refractivity contribution in [2.45, 2.75) is 31.0 Å². The summed E-state index contributed by atoms with van der Waals surface area (Å²) in [6.45, 7) is 3.76. The lowest BCUT2D eigenvalue weighted by molar-refractivity contribution is -0.121. The number of hydrogen-bond acceptors (Lipinski definition) is 6. The molecule has 2 unspecified atom stereocenters. The Kier molecular flexibility index (Phi) is 5.05. The number of aryl methyl sites for hydroxylation is 1. The van der Waals surface area contributed by atoms with Crippen LogP contribution in [0.25, 0.3) is 6.08 Å². The molecule has 0 spiro atoms. The van der Waals surface area contributed by atoms with E-state index in [4.69, 9.17) is 5.73 Å². The number of amides is 3. The second-order valence-electron chi connectivity index (χ2n) is 9.61. The van der Waals surface area contributed by atoms with Crippen molar-refractivity contribution in [2.24, 2.45) is 12.8 Å². The van der Waals surface area contributed by atoms with E-state index < -0.39 is 11.4 Å². The molecular formula is C23H30N8O3. The highest BCUT2D eigenvalue weighted by Crippen LogP contribution is 2.39. The zero-order valence-electron chi connectivity index (χ0n) is 19.8. The zero-order chi connectivity index (χ0) is 24.4. The van der Waals surface area contributed by atoms with E-state index in [2.05, 4.69) is 20.5 Å². The van der Waals surface area contributed by atoms with Crippen molar-refractivity contribution >= 4 is 29.6 Å². The Hall–Kier alpha value is -3.60. The Morgan fingerprint density at radius 3 is 2.76 bits per heavy atom. The van der Waals surface area contributed by atoms with E-state index >= 15 is 0 Å². The number of imidazole rings is 1. The van der Waals surface area contributed by atoms with Crippen LogP contribution in [0.2, 0.25) is 0 Å². The van der Waals surface area contributed by atoms with Gasteiger partial charge in [0, 0.05) is 44.5 Å². The lowest BCUT2D eigenvalue weighted by Crippen LogP contribution is -2.48. The van der Waals surface area contributed by atoms with Gasteiger partial charge in [-0.15, -0.1) is 0 Å². The summed E-state index contributed by atoms with van der Waals surface area (Å²) < 4.78 is 3.52. The van der Waals surface area contributed by atoms with Crippen LogP contribution < -0.4 is 16.4 Å². The highest BCUT2D eigenvalue weighted by Gasteiger charge is 2.44. The fourth-order valence-corrected chi connectivity index (χ4v) is 5.07. The van der Waals surface area contributed by atoms with Crippen LogP contribution in [0.5, 0.6) is 0 Å². The van der Waals surface area contributed by atoms with Crippen molar-refractivity contribution < 1.29 is 14.4 Å². The number of likely N-dealkylation sites (N-methyl/N-ethyl adjacent to an activating group) is 1. The third-order valence-corrected chi connectivity index (χ3v) is 7.17. The van der Waals surface area contributed by atoms with Crippen molar-refractivity contribution in [3.05, 3.63) is 41.1 Å². The summed E-state index contributed by atoms with van der Waals surface area (Å²) in [7, 11) is 5.75. The Labute approximate surface area is 197 Å². The lowest BCUT2D eigenvalue weighted by atomic mass is 9.90. The van der Waals surface area contributed by atoms with Gasteiger partial charge in [-0.3, -0.25) is 14.4 Å². The lowest BCUT2D eigenvalue weighted by Gasteiger charge is -2.34. The number of likely N-dealkylation sites (tertiary alicyclic amines) is 1. The normalized spacial score (nSPS) is 25.7. The maximum atomic E-state index is 13.3. The highest BCUT2D eigenvalue weighted by atomic mass is 16.2. The number of fused-ring (bicyclic) bond motifs is 3. The van der Waals surface area contributed by atoms with Crippen LogP contribution in [-0.4, -0.2) is 81.4 Å². The summed E-state index contributed by atoms with van der Waals surface area (Å²) >= 11 is 0. The van der Waals surface area contributed by atoms with Crippen LogP contribution in [0.4, 0.5) is 5.82 Å². The fourth-order valence-electron chi connectivity index (χ4n) is 5.07. The van der Waals surface area contributed by atoms with Gasteiger partial charge in [0.05, 0.1) is 11.7 Å². The number of carbonyl (C=O) groups is 3. The molecule has 1 saturated heterocycles. The van der Waals surface area contributed by atoms with Crippen molar-refractivity contribution in [1.29, 1.82) is 0 Å². The van der Waals surface area contributed by atoms with E-state index in [-0.39, 0.29) is 23.7 Å². The number of nitrogens with zero attached hydrogens (tertiary/aromatic N) is 5. The van der Waals surface area contributed by atoms with Crippen LogP contribution in [0, 0.1) is 0 Å². The van der Waals surface area contributed by atoms with Crippen molar-refractivity contribution in [1.82, 2.24) is 29.2 Å². The van der Waals surface area contributed by atoms with Crippen LogP contribution in [0.15, 0.2) is 18.3 Å². The molecule has 5 heterocycles. The number of rotatable bonds is 4. The van der Waals surface area contributed by atoms with Crippen LogP contribution in [-0.2, 0) is 17.4 Å². The molecule has 3 aliphatic heterocycles. The smallest absolute Gasteiger partial charge is 0.289 e. The van der Waals surface area contributed by atoms with Gasteiger partial charge in [0.1, 0.15) is 11.5 Å². The van der Waals surface area contributed by atoms with Gasteiger partial charge in [-0.05, 0) is 39.6 Å². The molecular weight excluding hydrogens is 436 g/mol. The molecule has 3 atom stereocenters. The van der Waals surface area contributed by atoms with Crippen LogP contribution in [0.3, 0.4) is 0 Å². The number of nitrogens with one attached hydrogen (secondary N) is 2. The third-order valence-electron chi connectivity index (χ3n) is 7.17. The Bertz CT molecular complexity index is 1230. The number of nitrogens with two attached hydrogens (primary N) is 1. The zero-order valence-corrected chi connectivity index (χ0v) is 19.8. The minimum absolute atomic E-state index is 0.0123. The summed E-state index contributed by atoms with van der Waals surface area (Å²) in [5, 5.41) is 6.14. The summed E-state index contributed by atoms with van der Waals surface area (Å²) in [5.41, 5.74) is 6.10. The van der Waals surface area contributed by atoms with Crippen molar-refractivity contribution in [3.63, 3.8) is 0 Å². The van der Waals surface area contributed by atoms with E-state index in [1.165, 1.54) is 0 Å². The topological polar surface area (TPSA) is 131 Å². The molecule has 0 radical (unpaired) electrons. The van der Waals surface area contributed by atoms with Crippen LogP contribution >= 0.6 is 0 Å². The average molecular weight is 467 g/mol. The van der Waals surface area contributed by atoms with Crippen molar-refractivity contribution in [2.75, 3.05) is 39.0 Å². The van der Waals surface area contributed by atoms with Gasteiger partial charge in [0.25, 0.3) is 17.7 Å². The van der Waals surface area contributed by atoms with E-state index in [1.807, 2.05) is 25.6 Å². The Morgan fingerprint density at radius 1 is 1.32 bits per heavy atom. The van der Waals surface area contributed by atoms with Crippen molar-refractivity contribution in [3.8, 4) is 0 Å². The van der Waals surface area contributed by atoms with Gasteiger partial charge >= 0.3 is 0 Å². The average Bonchev–Trinajstić information content (AvgIpc) is 3.52. The van der Waals surface area contributed by atoms with E-state index in [0.29, 0.717) is 42.9 Å². The second kappa shape index (κ2) is 7.73. The molecule has 3 aliphatic rings. The first-order valence-electron chi connectivity index (χ1n) is 11.4. The Morgan fingerprint density at radius 2 is 2.09 bits per heavy atom. The minimum Gasteiger partial charge on any atom is -0.367 e. The molecule has 0 aliphatic carbocycles. The number of hydrogen-bond donors (Lipinski definition) is 3. The summed E-state index contributed by atoms with van der Waals surface area (Å²) in [4.78, 5) is 47.0. The molecule has 11 nitrogen and oxygen atoms in total. The standard InChI is InChI=1S/C23H30N8O3/c1-13-10-25-20(32)16-9-14-5-7-23(22(24)34,27-18(14)31(13)16)17-12-29(4)19(26-17)21(33)30-8-6-15(11-30)28(2)3/h5,7,9,12-13,15,27H,6,8,10-11H2,1-4H3,(H2,24,34)(H,25,32)/t13?,15-,23?/m1/s1. The molecule has 2 aromatic heterocycles. The first kappa shape index (κ1) is 22.2. The van der Waals surface area contributed by atoms with E-state index in [1.54, 1.807) is 40.9 Å². The molecule has 180 valence electrons. The molecule has 3 amide bonds. The molecule has 11 heteroatoms. The van der Waals surface area contributed by atoms with Crippen LogP contribution in [0.1, 0.15) is 51.8 Å². The summed E-state index contributed by atoms with van der Waals surface area (Å²) in [5.74, 6) is -0.112. The maximum Gasteiger partial charge on any atom is 0.289 e. The predicted molar refractivity (Wildman–Crippen MR) is 126 cm³/mol. The van der Waals surface area contributed by atoms with E-state index in [0.717, 1.165) is 12.0 Å². The van der Waals surface area contributed by atoms with Gasteiger partial charge in [-0.1, -0.05) is 6.08 Å². The molecule has 34 heavy (non-hydrogen) atoms. The monoisotopic (exact) mass is 466 g/mol. The number of anilines is 1. The molecule has 0 aromatic carbocycles. The highest BCUT2D eigenvalue weighted by molar-refractivity contribution is 5.99.